The van der Waals surface area contributed by atoms with Crippen LogP contribution in [0.4, 0.5) is 10.6 Å². The average molecular weight is 297 g/mol. The van der Waals surface area contributed by atoms with E-state index in [-0.39, 0.29) is 29.6 Å². The second kappa shape index (κ2) is 6.91. The Morgan fingerprint density at radius 3 is 2.50 bits per heavy atom. The molecule has 7 heteroatoms. The number of ether oxygens (including phenoxy) is 1. The van der Waals surface area contributed by atoms with Gasteiger partial charge in [0.05, 0.1) is 5.69 Å². The number of carbonyl (C=O) groups excluding carboxylic acids is 1. The van der Waals surface area contributed by atoms with E-state index in [0.29, 0.717) is 21.4 Å². The van der Waals surface area contributed by atoms with Crippen molar-refractivity contribution in [2.24, 2.45) is 0 Å². The van der Waals surface area contributed by atoms with Crippen molar-refractivity contribution in [1.29, 1.82) is 0 Å². The van der Waals surface area contributed by atoms with Gasteiger partial charge in [0.1, 0.15) is 11.4 Å². The Labute approximate surface area is 140 Å². The van der Waals surface area contributed by atoms with Crippen molar-refractivity contribution in [3.63, 3.8) is 0 Å². The summed E-state index contributed by atoms with van der Waals surface area (Å²) in [5.74, 6) is 0.339. The van der Waals surface area contributed by atoms with Crippen molar-refractivity contribution in [3.8, 4) is 0 Å². The first-order valence-electron chi connectivity index (χ1n) is 5.03. The van der Waals surface area contributed by atoms with Gasteiger partial charge >= 0.3 is 35.7 Å². The number of nitrogens with one attached hydrogen (secondary N) is 1. The Morgan fingerprint density at radius 1 is 1.50 bits per heavy atom. The van der Waals surface area contributed by atoms with E-state index in [4.69, 9.17) is 29.0 Å². The molecule has 0 aromatic carbocycles. The van der Waals surface area contributed by atoms with E-state index >= 15 is 0 Å². The molecule has 1 heterocycles. The van der Waals surface area contributed by atoms with Crippen molar-refractivity contribution in [3.05, 3.63) is 16.8 Å². The topological polar surface area (TPSA) is 51.2 Å². The SMILES string of the molecule is Cc1nc(NC(=O)OC(C)(C)C)cc([S-])c1Cl.[Na+]. The Bertz CT molecular complexity index is 426. The fraction of sp³-hybridized carbons (Fsp3) is 0.455. The molecule has 0 unspecified atom stereocenters. The minimum atomic E-state index is -0.568. The Balaban J connectivity index is 0.00000289. The second-order valence-corrected chi connectivity index (χ2v) is 5.35. The van der Waals surface area contributed by atoms with Crippen LogP contribution in [-0.2, 0) is 17.4 Å². The zero-order valence-electron chi connectivity index (χ0n) is 11.1. The maximum atomic E-state index is 11.5. The molecule has 0 radical (unpaired) electrons. The smallest absolute Gasteiger partial charge is 0.778 e. The molecule has 0 aliphatic heterocycles. The van der Waals surface area contributed by atoms with Crippen LogP contribution in [0.15, 0.2) is 11.0 Å². The first-order valence-corrected chi connectivity index (χ1v) is 5.82. The third-order valence-electron chi connectivity index (χ3n) is 1.72. The van der Waals surface area contributed by atoms with Gasteiger partial charge in [-0.15, -0.1) is 0 Å². The van der Waals surface area contributed by atoms with Gasteiger partial charge in [0.2, 0.25) is 0 Å². The summed E-state index contributed by atoms with van der Waals surface area (Å²) in [7, 11) is 0. The van der Waals surface area contributed by atoms with E-state index in [1.54, 1.807) is 27.7 Å². The van der Waals surface area contributed by atoms with Crippen molar-refractivity contribution >= 4 is 36.1 Å². The monoisotopic (exact) mass is 296 g/mol. The van der Waals surface area contributed by atoms with E-state index in [1.165, 1.54) is 6.07 Å². The molecule has 1 rings (SSSR count). The molecule has 1 aromatic heterocycles. The maximum Gasteiger partial charge on any atom is 1.00 e. The number of halogens is 1. The predicted octanol–water partition coefficient (Wildman–Crippen LogP) is 0.300. The number of hydrogen-bond donors (Lipinski definition) is 1. The summed E-state index contributed by atoms with van der Waals surface area (Å²) in [5, 5.41) is 2.94. The number of carbonyl (C=O) groups is 1. The zero-order valence-corrected chi connectivity index (χ0v) is 14.7. The molecule has 94 valence electrons. The summed E-state index contributed by atoms with van der Waals surface area (Å²) in [5.41, 5.74) is 0.0211. The summed E-state index contributed by atoms with van der Waals surface area (Å²) in [6.45, 7) is 7.07. The molecule has 18 heavy (non-hydrogen) atoms. The normalized spacial score (nSPS) is 10.5. The molecule has 4 nitrogen and oxygen atoms in total. The number of amides is 1. The van der Waals surface area contributed by atoms with Crippen LogP contribution >= 0.6 is 11.6 Å². The summed E-state index contributed by atoms with van der Waals surface area (Å²) in [6.07, 6.45) is -0.568. The van der Waals surface area contributed by atoms with Crippen molar-refractivity contribution in [1.82, 2.24) is 4.98 Å². The van der Waals surface area contributed by atoms with Gasteiger partial charge in [-0.05, 0) is 33.8 Å². The molecular formula is C11H14ClN2NaO2S. The number of anilines is 1. The molecule has 0 atom stereocenters. The van der Waals surface area contributed by atoms with Gasteiger partial charge in [-0.1, -0.05) is 11.6 Å². The van der Waals surface area contributed by atoms with Gasteiger partial charge in [-0.25, -0.2) is 9.78 Å². The van der Waals surface area contributed by atoms with Crippen LogP contribution in [0.3, 0.4) is 0 Å². The maximum absolute atomic E-state index is 11.5. The molecule has 1 amide bonds. The van der Waals surface area contributed by atoms with E-state index in [2.05, 4.69) is 10.3 Å². The molecule has 1 N–H and O–H groups in total. The van der Waals surface area contributed by atoms with Gasteiger partial charge < -0.3 is 17.4 Å². The number of rotatable bonds is 1. The second-order valence-electron chi connectivity index (χ2n) is 4.53. The standard InChI is InChI=1S/C11H15ClN2O2S.Na/c1-6-9(12)7(17)5-8(13-6)14-10(15)16-11(2,3)4;/h5H,1-4H3,(H2,13,14,15,17);/q;+1/p-1. The van der Waals surface area contributed by atoms with Crippen LogP contribution in [0.1, 0.15) is 26.5 Å². The molecule has 0 saturated heterocycles. The number of aromatic nitrogens is 1. The van der Waals surface area contributed by atoms with Crippen molar-refractivity contribution < 1.29 is 39.1 Å². The molecule has 1 aromatic rings. The van der Waals surface area contributed by atoms with Crippen LogP contribution in [0.2, 0.25) is 5.02 Å². The molecule has 0 fully saturated rings. The van der Waals surface area contributed by atoms with Crippen LogP contribution in [-0.4, -0.2) is 16.7 Å². The first-order chi connectivity index (χ1) is 7.69. The number of hydrogen-bond acceptors (Lipinski definition) is 4. The van der Waals surface area contributed by atoms with E-state index in [0.717, 1.165) is 0 Å². The van der Waals surface area contributed by atoms with Crippen molar-refractivity contribution in [2.75, 3.05) is 5.32 Å². The molecule has 0 bridgehead atoms. The van der Waals surface area contributed by atoms with Crippen LogP contribution < -0.4 is 34.9 Å². The summed E-state index contributed by atoms with van der Waals surface area (Å²) in [4.78, 5) is 16.0. The Morgan fingerprint density at radius 2 is 2.06 bits per heavy atom. The molecule has 0 aliphatic rings. The van der Waals surface area contributed by atoms with Gasteiger partial charge in [0.15, 0.2) is 0 Å². The van der Waals surface area contributed by atoms with Gasteiger partial charge in [0.25, 0.3) is 0 Å². The minimum Gasteiger partial charge on any atom is -0.778 e. The van der Waals surface area contributed by atoms with Crippen LogP contribution in [0.25, 0.3) is 0 Å². The molecule has 0 aliphatic carbocycles. The van der Waals surface area contributed by atoms with Gasteiger partial charge in [-0.3, -0.25) is 5.32 Å². The van der Waals surface area contributed by atoms with Gasteiger partial charge in [0, 0.05) is 5.02 Å². The summed E-state index contributed by atoms with van der Waals surface area (Å²) < 4.78 is 5.09. The van der Waals surface area contributed by atoms with Crippen molar-refractivity contribution in [2.45, 2.75) is 38.2 Å². The van der Waals surface area contributed by atoms with E-state index in [9.17, 15) is 4.79 Å². The van der Waals surface area contributed by atoms with Crippen LogP contribution in [0.5, 0.6) is 0 Å². The zero-order chi connectivity index (χ0) is 13.2. The van der Waals surface area contributed by atoms with E-state index < -0.39 is 11.7 Å². The predicted molar refractivity (Wildman–Crippen MR) is 69.5 cm³/mol. The molecule has 0 spiro atoms. The fourth-order valence-corrected chi connectivity index (χ4v) is 1.46. The summed E-state index contributed by atoms with van der Waals surface area (Å²) >= 11 is 10.9. The third-order valence-corrected chi connectivity index (χ3v) is 2.63. The fourth-order valence-electron chi connectivity index (χ4n) is 1.10. The number of aryl methyl sites for hydroxylation is 1. The number of nitrogens with zero attached hydrogens (tertiary/aromatic N) is 1. The van der Waals surface area contributed by atoms with Crippen LogP contribution in [0, 0.1) is 6.92 Å². The Hall–Kier alpha value is -0.0700. The van der Waals surface area contributed by atoms with Gasteiger partial charge in [-0.2, -0.15) is 4.90 Å². The summed E-state index contributed by atoms with van der Waals surface area (Å²) in [6, 6.07) is 1.52. The molecular weight excluding hydrogens is 283 g/mol. The Kier molecular flexibility index (Phi) is 6.89. The number of pyridine rings is 1. The average Bonchev–Trinajstić information content (AvgIpc) is 2.10. The first kappa shape index (κ1) is 17.9. The molecule has 0 saturated carbocycles. The largest absolute Gasteiger partial charge is 1.00 e. The van der Waals surface area contributed by atoms with E-state index in [1.807, 2.05) is 0 Å². The minimum absolute atomic E-state index is 0. The third kappa shape index (κ3) is 5.71. The quantitative estimate of drug-likeness (QED) is 0.598.